The number of aromatic nitrogens is 2. The number of aromatic amines is 1. The first kappa shape index (κ1) is 20.9. The normalized spacial score (nSPS) is 13.2. The lowest BCUT2D eigenvalue weighted by atomic mass is 10.1. The number of rotatable bonds is 7. The summed E-state index contributed by atoms with van der Waals surface area (Å²) in [6, 6.07) is 13.9. The highest BCUT2D eigenvalue weighted by atomic mass is 16.6. The summed E-state index contributed by atoms with van der Waals surface area (Å²) >= 11 is 0. The summed E-state index contributed by atoms with van der Waals surface area (Å²) in [5.74, 6) is -0.112. The molecule has 4 rings (SSSR count). The van der Waals surface area contributed by atoms with E-state index in [0.717, 1.165) is 0 Å². The van der Waals surface area contributed by atoms with Gasteiger partial charge in [-0.25, -0.2) is 4.98 Å². The Morgan fingerprint density at radius 2 is 1.91 bits per heavy atom. The van der Waals surface area contributed by atoms with Crippen molar-refractivity contribution < 1.29 is 28.9 Å². The molecule has 0 aliphatic carbocycles. The summed E-state index contributed by atoms with van der Waals surface area (Å²) in [6.45, 7) is 0.362. The Kier molecular flexibility index (Phi) is 6.03. The lowest BCUT2D eigenvalue weighted by Crippen LogP contribution is -2.16. The van der Waals surface area contributed by atoms with Crippen LogP contribution in [-0.4, -0.2) is 46.6 Å². The summed E-state index contributed by atoms with van der Waals surface area (Å²) in [4.78, 5) is 31.6. The van der Waals surface area contributed by atoms with Crippen molar-refractivity contribution in [1.82, 2.24) is 9.97 Å². The fourth-order valence-corrected chi connectivity index (χ4v) is 3.20. The maximum absolute atomic E-state index is 12.4. The molecule has 3 aromatic rings. The van der Waals surface area contributed by atoms with Crippen molar-refractivity contribution >= 4 is 28.4 Å². The number of allylic oxidation sites excluding steroid dienone is 1. The first-order chi connectivity index (χ1) is 15.5. The first-order valence-electron chi connectivity index (χ1n) is 9.91. The van der Waals surface area contributed by atoms with Gasteiger partial charge in [-0.1, -0.05) is 12.1 Å². The van der Waals surface area contributed by atoms with E-state index in [1.165, 1.54) is 0 Å². The number of imidazole rings is 1. The average molecular weight is 433 g/mol. The highest BCUT2D eigenvalue weighted by Crippen LogP contribution is 2.31. The largest absolute Gasteiger partial charge is 0.507 e. The van der Waals surface area contributed by atoms with Gasteiger partial charge in [0.05, 0.1) is 17.5 Å². The number of hydrogen-bond donors (Lipinski definition) is 2. The Hall–Kier alpha value is -4.32. The van der Waals surface area contributed by atoms with E-state index in [-0.39, 0.29) is 30.0 Å². The van der Waals surface area contributed by atoms with Gasteiger partial charge in [-0.15, -0.1) is 0 Å². The Morgan fingerprint density at radius 1 is 1.12 bits per heavy atom. The summed E-state index contributed by atoms with van der Waals surface area (Å²) in [5, 5.41) is 19.6. The number of Topliss-reactive ketones (excluding diaryl/α,β-unsaturated/α-hetero) is 1. The molecule has 0 fully saturated rings. The third-order valence-electron chi connectivity index (χ3n) is 4.82. The van der Waals surface area contributed by atoms with Crippen LogP contribution in [0.25, 0.3) is 16.6 Å². The second kappa shape index (κ2) is 9.22. The highest BCUT2D eigenvalue weighted by molar-refractivity contribution is 5.98. The smallest absolute Gasteiger partial charge is 0.306 e. The van der Waals surface area contributed by atoms with Gasteiger partial charge in [-0.2, -0.15) is 5.26 Å². The molecule has 1 aromatic heterocycles. The molecule has 0 saturated carbocycles. The van der Waals surface area contributed by atoms with Crippen LogP contribution in [0.4, 0.5) is 0 Å². The summed E-state index contributed by atoms with van der Waals surface area (Å²) in [5.41, 5.74) is 1.62. The molecule has 2 aromatic carbocycles. The van der Waals surface area contributed by atoms with Gasteiger partial charge in [0, 0.05) is 12.0 Å². The zero-order valence-electron chi connectivity index (χ0n) is 17.0. The number of aliphatic hydroxyl groups excluding tert-OH is 1. The first-order valence-corrected chi connectivity index (χ1v) is 9.91. The van der Waals surface area contributed by atoms with E-state index in [2.05, 4.69) is 9.97 Å². The number of hydrogen-bond acceptors (Lipinski definition) is 8. The van der Waals surface area contributed by atoms with Gasteiger partial charge in [0.25, 0.3) is 0 Å². The molecule has 0 bridgehead atoms. The number of aliphatic hydroxyl groups is 1. The number of ketones is 1. The minimum atomic E-state index is -0.677. The number of benzene rings is 2. The van der Waals surface area contributed by atoms with Gasteiger partial charge in [0.15, 0.2) is 28.9 Å². The number of ether oxygens (including phenoxy) is 3. The Morgan fingerprint density at radius 3 is 2.69 bits per heavy atom. The molecule has 1 aliphatic rings. The van der Waals surface area contributed by atoms with Crippen molar-refractivity contribution in [2.45, 2.75) is 12.8 Å². The molecule has 162 valence electrons. The predicted molar refractivity (Wildman–Crippen MR) is 113 cm³/mol. The van der Waals surface area contributed by atoms with E-state index in [4.69, 9.17) is 14.2 Å². The summed E-state index contributed by atoms with van der Waals surface area (Å²) < 4.78 is 15.9. The van der Waals surface area contributed by atoms with Gasteiger partial charge in [-0.05, 0) is 30.3 Å². The quantitative estimate of drug-likeness (QED) is 0.251. The number of fused-ring (bicyclic) bond motifs is 2. The van der Waals surface area contributed by atoms with E-state index < -0.39 is 18.3 Å². The van der Waals surface area contributed by atoms with Crippen molar-refractivity contribution in [3.05, 3.63) is 59.6 Å². The maximum atomic E-state index is 12.4. The molecule has 32 heavy (non-hydrogen) atoms. The minimum Gasteiger partial charge on any atom is -0.507 e. The number of esters is 1. The summed E-state index contributed by atoms with van der Waals surface area (Å²) in [7, 11) is 0. The summed E-state index contributed by atoms with van der Waals surface area (Å²) in [6.07, 6.45) is -0.245. The van der Waals surface area contributed by atoms with Crippen molar-refractivity contribution in [3.8, 4) is 17.6 Å². The van der Waals surface area contributed by atoms with E-state index in [1.807, 2.05) is 12.1 Å². The molecule has 0 amide bonds. The van der Waals surface area contributed by atoms with Crippen LogP contribution in [0.15, 0.2) is 48.2 Å². The fraction of sp³-hybridized carbons (Fsp3) is 0.217. The van der Waals surface area contributed by atoms with Crippen molar-refractivity contribution in [2.75, 3.05) is 19.8 Å². The molecule has 0 saturated heterocycles. The van der Waals surface area contributed by atoms with Gasteiger partial charge in [0.1, 0.15) is 31.5 Å². The fourth-order valence-electron chi connectivity index (χ4n) is 3.20. The molecular weight excluding hydrogens is 414 g/mol. The van der Waals surface area contributed by atoms with Crippen molar-refractivity contribution in [1.29, 1.82) is 5.26 Å². The molecule has 0 atom stereocenters. The standard InChI is InChI=1S/C23H19N3O6/c24-12-15(23-25-16-3-1-2-4-17(16)26-23)19(28)13-32-22(29)8-6-18(27)14-5-7-20-21(11-14)31-10-9-30-20/h1-5,7,11,28H,6,8-10,13H2,(H,25,26). The number of H-pyrrole nitrogens is 1. The van der Waals surface area contributed by atoms with E-state index in [1.54, 1.807) is 36.4 Å². The zero-order chi connectivity index (χ0) is 22.5. The van der Waals surface area contributed by atoms with Gasteiger partial charge in [-0.3, -0.25) is 9.59 Å². The zero-order valence-corrected chi connectivity index (χ0v) is 17.0. The molecule has 2 heterocycles. The molecule has 9 heteroatoms. The highest BCUT2D eigenvalue weighted by Gasteiger charge is 2.18. The van der Waals surface area contributed by atoms with Crippen molar-refractivity contribution in [3.63, 3.8) is 0 Å². The topological polar surface area (TPSA) is 135 Å². The monoisotopic (exact) mass is 433 g/mol. The molecule has 1 aliphatic heterocycles. The third kappa shape index (κ3) is 4.54. The number of carbonyl (C=O) groups is 2. The lowest BCUT2D eigenvalue weighted by molar-refractivity contribution is -0.143. The second-order valence-corrected chi connectivity index (χ2v) is 6.98. The van der Waals surface area contributed by atoms with E-state index in [0.29, 0.717) is 41.3 Å². The van der Waals surface area contributed by atoms with Gasteiger partial charge in [0.2, 0.25) is 0 Å². The number of para-hydroxylation sites is 2. The number of nitrogens with zero attached hydrogens (tertiary/aromatic N) is 2. The second-order valence-electron chi connectivity index (χ2n) is 6.98. The molecule has 0 radical (unpaired) electrons. The predicted octanol–water partition coefficient (Wildman–Crippen LogP) is 3.33. The maximum Gasteiger partial charge on any atom is 0.306 e. The van der Waals surface area contributed by atoms with Crippen LogP contribution in [0, 0.1) is 11.3 Å². The average Bonchev–Trinajstić information content (AvgIpc) is 3.25. The van der Waals surface area contributed by atoms with Gasteiger partial charge < -0.3 is 24.3 Å². The van der Waals surface area contributed by atoms with E-state index in [9.17, 15) is 20.0 Å². The van der Waals surface area contributed by atoms with E-state index >= 15 is 0 Å². The minimum absolute atomic E-state index is 0.0718. The van der Waals surface area contributed by atoms with Crippen molar-refractivity contribution in [2.24, 2.45) is 0 Å². The van der Waals surface area contributed by atoms with Crippen LogP contribution in [-0.2, 0) is 9.53 Å². The Balaban J connectivity index is 1.33. The third-order valence-corrected chi connectivity index (χ3v) is 4.82. The molecular formula is C23H19N3O6. The lowest BCUT2D eigenvalue weighted by Gasteiger charge is -2.18. The number of nitrogens with one attached hydrogen (secondary N) is 1. The SMILES string of the molecule is N#CC(=C(O)COC(=O)CCC(=O)c1ccc2c(c1)OCCO2)c1nc2ccccc2[nH]1. The number of carbonyl (C=O) groups excluding carboxylic acids is 2. The Labute approximate surface area is 182 Å². The molecule has 0 spiro atoms. The van der Waals surface area contributed by atoms with Crippen LogP contribution < -0.4 is 9.47 Å². The van der Waals surface area contributed by atoms with Crippen LogP contribution >= 0.6 is 0 Å². The van der Waals surface area contributed by atoms with Crippen LogP contribution in [0.1, 0.15) is 29.0 Å². The molecule has 0 unspecified atom stereocenters. The molecule has 9 nitrogen and oxygen atoms in total. The Bertz CT molecular complexity index is 1220. The van der Waals surface area contributed by atoms with Crippen LogP contribution in [0.3, 0.4) is 0 Å². The van der Waals surface area contributed by atoms with Crippen LogP contribution in [0.2, 0.25) is 0 Å². The number of nitriles is 1. The van der Waals surface area contributed by atoms with Gasteiger partial charge >= 0.3 is 5.97 Å². The molecule has 2 N–H and O–H groups in total. The van der Waals surface area contributed by atoms with Crippen LogP contribution in [0.5, 0.6) is 11.5 Å².